The predicted octanol–water partition coefficient (Wildman–Crippen LogP) is 3.71. The summed E-state index contributed by atoms with van der Waals surface area (Å²) in [5.41, 5.74) is 5.67. The highest BCUT2D eigenvalue weighted by Crippen LogP contribution is 2.30. The zero-order valence-corrected chi connectivity index (χ0v) is 12.4. The molecule has 0 unspecified atom stereocenters. The Kier molecular flexibility index (Phi) is 4.70. The molecular weight excluding hydrogens is 293 g/mol. The van der Waals surface area contributed by atoms with Crippen LogP contribution < -0.4 is 10.5 Å². The van der Waals surface area contributed by atoms with Crippen LogP contribution in [0.4, 0.5) is 10.1 Å². The fraction of sp³-hybridized carbons (Fsp3) is 0.133. The van der Waals surface area contributed by atoms with Crippen LogP contribution >= 0.6 is 11.8 Å². The quantitative estimate of drug-likeness (QED) is 0.530. The van der Waals surface area contributed by atoms with Crippen molar-refractivity contribution in [1.82, 2.24) is 0 Å². The van der Waals surface area contributed by atoms with Crippen molar-refractivity contribution in [3.05, 3.63) is 47.8 Å². The maximum absolute atomic E-state index is 13.9. The zero-order valence-electron chi connectivity index (χ0n) is 11.6. The third-order valence-electron chi connectivity index (χ3n) is 2.80. The van der Waals surface area contributed by atoms with Gasteiger partial charge in [-0.2, -0.15) is 0 Å². The monoisotopic (exact) mass is 307 g/mol. The molecule has 2 aromatic rings. The van der Waals surface area contributed by atoms with E-state index in [2.05, 4.69) is 4.74 Å². The summed E-state index contributed by atoms with van der Waals surface area (Å²) in [6.45, 7) is 0. The topological polar surface area (TPSA) is 61.5 Å². The molecule has 0 heterocycles. The molecular formula is C15H14FNO3S. The Morgan fingerprint density at radius 2 is 1.90 bits per heavy atom. The first-order valence-corrected chi connectivity index (χ1v) is 7.27. The number of methoxy groups -OCH3 is 1. The minimum atomic E-state index is -0.644. The molecule has 0 amide bonds. The van der Waals surface area contributed by atoms with E-state index in [0.29, 0.717) is 5.75 Å². The molecule has 0 spiro atoms. The molecule has 0 aliphatic heterocycles. The summed E-state index contributed by atoms with van der Waals surface area (Å²) in [7, 11) is 1.23. The second-order valence-electron chi connectivity index (χ2n) is 4.14. The minimum Gasteiger partial charge on any atom is -0.465 e. The number of nitrogens with two attached hydrogens (primary N) is 1. The van der Waals surface area contributed by atoms with Crippen LogP contribution in [0.25, 0.3) is 0 Å². The molecule has 0 saturated carbocycles. The van der Waals surface area contributed by atoms with Crippen LogP contribution in [-0.4, -0.2) is 19.3 Å². The molecule has 2 N–H and O–H groups in total. The Balaban J connectivity index is 2.32. The highest BCUT2D eigenvalue weighted by molar-refractivity contribution is 7.98. The summed E-state index contributed by atoms with van der Waals surface area (Å²) in [6.07, 6.45) is 1.96. The zero-order chi connectivity index (χ0) is 15.4. The van der Waals surface area contributed by atoms with Gasteiger partial charge < -0.3 is 15.2 Å². The van der Waals surface area contributed by atoms with E-state index in [0.717, 1.165) is 11.0 Å². The molecule has 110 valence electrons. The maximum atomic E-state index is 13.9. The van der Waals surface area contributed by atoms with Gasteiger partial charge in [0.05, 0.1) is 12.7 Å². The summed E-state index contributed by atoms with van der Waals surface area (Å²) in [5.74, 6) is -0.905. The number of esters is 1. The fourth-order valence-corrected chi connectivity index (χ4v) is 2.11. The SMILES string of the molecule is COC(=O)c1cc(Oc2ccc(SC)cc2)c(F)cc1N. The van der Waals surface area contributed by atoms with Crippen LogP contribution in [0.3, 0.4) is 0 Å². The molecule has 6 heteroatoms. The lowest BCUT2D eigenvalue weighted by Gasteiger charge is -2.10. The van der Waals surface area contributed by atoms with Gasteiger partial charge in [-0.05, 0) is 30.5 Å². The van der Waals surface area contributed by atoms with Gasteiger partial charge in [-0.3, -0.25) is 0 Å². The van der Waals surface area contributed by atoms with Gasteiger partial charge in [0.15, 0.2) is 11.6 Å². The van der Waals surface area contributed by atoms with Crippen LogP contribution in [-0.2, 0) is 4.74 Å². The molecule has 0 atom stereocenters. The number of carbonyl (C=O) groups is 1. The molecule has 0 aromatic heterocycles. The van der Waals surface area contributed by atoms with Crippen LogP contribution in [0.1, 0.15) is 10.4 Å². The van der Waals surface area contributed by atoms with E-state index in [1.165, 1.54) is 13.2 Å². The first kappa shape index (κ1) is 15.2. The van der Waals surface area contributed by atoms with Crippen molar-refractivity contribution < 1.29 is 18.7 Å². The lowest BCUT2D eigenvalue weighted by atomic mass is 10.1. The summed E-state index contributed by atoms with van der Waals surface area (Å²) in [6, 6.07) is 9.43. The van der Waals surface area contributed by atoms with Crippen LogP contribution in [0.2, 0.25) is 0 Å². The number of nitrogen functional groups attached to an aromatic ring is 1. The molecule has 0 bridgehead atoms. The molecule has 0 fully saturated rings. The van der Waals surface area contributed by atoms with E-state index < -0.39 is 11.8 Å². The van der Waals surface area contributed by atoms with Gasteiger partial charge in [-0.1, -0.05) is 0 Å². The first-order chi connectivity index (χ1) is 10.0. The Hall–Kier alpha value is -2.21. The Bertz CT molecular complexity index is 659. The van der Waals surface area contributed by atoms with E-state index in [9.17, 15) is 9.18 Å². The lowest BCUT2D eigenvalue weighted by Crippen LogP contribution is -2.06. The average molecular weight is 307 g/mol. The van der Waals surface area contributed by atoms with E-state index in [1.807, 2.05) is 18.4 Å². The molecule has 0 aliphatic carbocycles. The third kappa shape index (κ3) is 3.46. The van der Waals surface area contributed by atoms with Crippen molar-refractivity contribution in [2.24, 2.45) is 0 Å². The van der Waals surface area contributed by atoms with Gasteiger partial charge in [-0.25, -0.2) is 9.18 Å². The Morgan fingerprint density at radius 3 is 2.48 bits per heavy atom. The van der Waals surface area contributed by atoms with Crippen molar-refractivity contribution >= 4 is 23.4 Å². The maximum Gasteiger partial charge on any atom is 0.340 e. The van der Waals surface area contributed by atoms with Crippen molar-refractivity contribution in [2.45, 2.75) is 4.90 Å². The molecule has 2 aromatic carbocycles. The molecule has 0 aliphatic rings. The molecule has 0 radical (unpaired) electrons. The third-order valence-corrected chi connectivity index (χ3v) is 3.54. The van der Waals surface area contributed by atoms with Gasteiger partial charge in [-0.15, -0.1) is 11.8 Å². The number of hydrogen-bond acceptors (Lipinski definition) is 5. The van der Waals surface area contributed by atoms with Crippen molar-refractivity contribution in [3.63, 3.8) is 0 Å². The normalized spacial score (nSPS) is 10.2. The highest BCUT2D eigenvalue weighted by Gasteiger charge is 2.16. The van der Waals surface area contributed by atoms with Gasteiger partial charge in [0.2, 0.25) is 0 Å². The molecule has 2 rings (SSSR count). The average Bonchev–Trinajstić information content (AvgIpc) is 2.50. The fourth-order valence-electron chi connectivity index (χ4n) is 1.70. The van der Waals surface area contributed by atoms with Gasteiger partial charge in [0.1, 0.15) is 5.75 Å². The molecule has 21 heavy (non-hydrogen) atoms. The molecule has 4 nitrogen and oxygen atoms in total. The summed E-state index contributed by atoms with van der Waals surface area (Å²) in [4.78, 5) is 12.6. The number of thioether (sulfide) groups is 1. The van der Waals surface area contributed by atoms with Crippen LogP contribution in [0.15, 0.2) is 41.3 Å². The first-order valence-electron chi connectivity index (χ1n) is 6.04. The second-order valence-corrected chi connectivity index (χ2v) is 5.02. The van der Waals surface area contributed by atoms with Gasteiger partial charge >= 0.3 is 5.97 Å². The van der Waals surface area contributed by atoms with Crippen molar-refractivity contribution in [2.75, 3.05) is 19.1 Å². The van der Waals surface area contributed by atoms with Crippen molar-refractivity contribution in [1.29, 1.82) is 0 Å². The Labute approximate surface area is 126 Å². The highest BCUT2D eigenvalue weighted by atomic mass is 32.2. The number of anilines is 1. The summed E-state index contributed by atoms with van der Waals surface area (Å²) < 4.78 is 23.9. The minimum absolute atomic E-state index is 0.00410. The summed E-state index contributed by atoms with van der Waals surface area (Å²) >= 11 is 1.59. The number of ether oxygens (including phenoxy) is 2. The van der Waals surface area contributed by atoms with Crippen LogP contribution in [0.5, 0.6) is 11.5 Å². The largest absolute Gasteiger partial charge is 0.465 e. The number of hydrogen-bond donors (Lipinski definition) is 1. The smallest absolute Gasteiger partial charge is 0.340 e. The van der Waals surface area contributed by atoms with E-state index in [1.54, 1.807) is 23.9 Å². The lowest BCUT2D eigenvalue weighted by molar-refractivity contribution is 0.0601. The summed E-state index contributed by atoms with van der Waals surface area (Å²) in [5, 5.41) is 0. The predicted molar refractivity (Wildman–Crippen MR) is 80.4 cm³/mol. The van der Waals surface area contributed by atoms with Crippen molar-refractivity contribution in [3.8, 4) is 11.5 Å². The number of benzene rings is 2. The van der Waals surface area contributed by atoms with E-state index in [-0.39, 0.29) is 17.0 Å². The number of rotatable bonds is 4. The van der Waals surface area contributed by atoms with E-state index in [4.69, 9.17) is 10.5 Å². The number of carbonyl (C=O) groups excluding carboxylic acids is 1. The van der Waals surface area contributed by atoms with Gasteiger partial charge in [0.25, 0.3) is 0 Å². The van der Waals surface area contributed by atoms with Crippen LogP contribution in [0, 0.1) is 5.82 Å². The van der Waals surface area contributed by atoms with Gasteiger partial charge in [0, 0.05) is 22.7 Å². The number of halogens is 1. The van der Waals surface area contributed by atoms with E-state index >= 15 is 0 Å². The standard InChI is InChI=1S/C15H14FNO3S/c1-19-15(18)11-7-14(12(16)8-13(11)17)20-9-3-5-10(21-2)6-4-9/h3-8H,17H2,1-2H3. The molecule has 0 saturated heterocycles. The second kappa shape index (κ2) is 6.49. The Morgan fingerprint density at radius 1 is 1.24 bits per heavy atom.